The minimum absolute atomic E-state index is 0.454. The van der Waals surface area contributed by atoms with Gasteiger partial charge in [-0.15, -0.1) is 0 Å². The van der Waals surface area contributed by atoms with Crippen LogP contribution in [-0.4, -0.2) is 11.0 Å². The van der Waals surface area contributed by atoms with Crippen molar-refractivity contribution < 1.29 is 0 Å². The van der Waals surface area contributed by atoms with Gasteiger partial charge in [-0.05, 0) is 43.5 Å². The predicted molar refractivity (Wildman–Crippen MR) is 75.0 cm³/mol. The summed E-state index contributed by atoms with van der Waals surface area (Å²) >= 11 is 4.98. The summed E-state index contributed by atoms with van der Waals surface area (Å²) in [6.45, 7) is 8.61. The number of aryl methyl sites for hydroxylation is 1. The van der Waals surface area contributed by atoms with Crippen LogP contribution in [0.1, 0.15) is 31.9 Å². The van der Waals surface area contributed by atoms with Gasteiger partial charge in [0, 0.05) is 17.3 Å². The Labute approximate surface area is 103 Å². The van der Waals surface area contributed by atoms with E-state index in [-0.39, 0.29) is 0 Å². The largest absolute Gasteiger partial charge is 0.389 e. The van der Waals surface area contributed by atoms with E-state index in [0.29, 0.717) is 16.9 Å². The van der Waals surface area contributed by atoms with Gasteiger partial charge in [0.25, 0.3) is 0 Å². The van der Waals surface area contributed by atoms with E-state index in [0.717, 1.165) is 16.8 Å². The third-order valence-electron chi connectivity index (χ3n) is 2.89. The first-order valence-electron chi connectivity index (χ1n) is 5.58. The van der Waals surface area contributed by atoms with Crippen LogP contribution < -0.4 is 11.1 Å². The molecule has 0 spiro atoms. The molecule has 1 aromatic rings. The van der Waals surface area contributed by atoms with E-state index in [4.69, 9.17) is 18.0 Å². The van der Waals surface area contributed by atoms with E-state index in [1.807, 2.05) is 19.1 Å². The summed E-state index contributed by atoms with van der Waals surface area (Å²) < 4.78 is 0. The van der Waals surface area contributed by atoms with Crippen molar-refractivity contribution in [3.8, 4) is 0 Å². The highest BCUT2D eigenvalue weighted by molar-refractivity contribution is 7.80. The zero-order valence-electron chi connectivity index (χ0n) is 10.4. The molecule has 0 aromatic heterocycles. The lowest BCUT2D eigenvalue weighted by atomic mass is 10.0. The highest BCUT2D eigenvalue weighted by atomic mass is 32.1. The Balaban J connectivity index is 2.85. The van der Waals surface area contributed by atoms with Crippen LogP contribution in [0, 0.1) is 12.8 Å². The lowest BCUT2D eigenvalue weighted by molar-refractivity contribution is 0.560. The summed E-state index contributed by atoms with van der Waals surface area (Å²) in [5, 5.41) is 3.46. The van der Waals surface area contributed by atoms with Crippen molar-refractivity contribution in [1.82, 2.24) is 0 Å². The highest BCUT2D eigenvalue weighted by Gasteiger charge is 2.08. The molecule has 0 saturated carbocycles. The molecule has 0 amide bonds. The molecule has 88 valence electrons. The molecule has 0 radical (unpaired) electrons. The summed E-state index contributed by atoms with van der Waals surface area (Å²) in [5.41, 5.74) is 8.82. The normalized spacial score (nSPS) is 12.6. The summed E-state index contributed by atoms with van der Waals surface area (Å²) in [5.74, 6) is 0.607. The zero-order chi connectivity index (χ0) is 12.3. The topological polar surface area (TPSA) is 38.0 Å². The summed E-state index contributed by atoms with van der Waals surface area (Å²) in [4.78, 5) is 0.459. The van der Waals surface area contributed by atoms with Gasteiger partial charge in [0.1, 0.15) is 4.99 Å². The fourth-order valence-electron chi connectivity index (χ4n) is 1.46. The van der Waals surface area contributed by atoms with Gasteiger partial charge in [0.15, 0.2) is 0 Å². The second-order valence-corrected chi connectivity index (χ2v) is 5.01. The van der Waals surface area contributed by atoms with Crippen LogP contribution in [0.15, 0.2) is 18.2 Å². The molecule has 0 aliphatic rings. The second-order valence-electron chi connectivity index (χ2n) is 4.57. The fraction of sp³-hybridized carbons (Fsp3) is 0.462. The van der Waals surface area contributed by atoms with E-state index in [1.54, 1.807) is 0 Å². The van der Waals surface area contributed by atoms with E-state index < -0.39 is 0 Å². The van der Waals surface area contributed by atoms with Crippen LogP contribution in [0.5, 0.6) is 0 Å². The van der Waals surface area contributed by atoms with Crippen LogP contribution in [0.2, 0.25) is 0 Å². The average molecular weight is 236 g/mol. The van der Waals surface area contributed by atoms with E-state index in [1.165, 1.54) is 0 Å². The number of hydrogen-bond acceptors (Lipinski definition) is 2. The number of nitrogens with one attached hydrogen (secondary N) is 1. The van der Waals surface area contributed by atoms with Gasteiger partial charge in [0.2, 0.25) is 0 Å². The summed E-state index contributed by atoms with van der Waals surface area (Å²) in [6, 6.07) is 6.55. The van der Waals surface area contributed by atoms with Gasteiger partial charge >= 0.3 is 0 Å². The molecule has 16 heavy (non-hydrogen) atoms. The number of thiocarbonyl (C=S) groups is 1. The monoisotopic (exact) mass is 236 g/mol. The van der Waals surface area contributed by atoms with Crippen molar-refractivity contribution in [1.29, 1.82) is 0 Å². The Bertz CT molecular complexity index is 386. The Hall–Kier alpha value is -1.09. The van der Waals surface area contributed by atoms with Crippen molar-refractivity contribution in [3.63, 3.8) is 0 Å². The molecule has 0 fully saturated rings. The maximum Gasteiger partial charge on any atom is 0.104 e. The van der Waals surface area contributed by atoms with Gasteiger partial charge < -0.3 is 11.1 Å². The van der Waals surface area contributed by atoms with E-state index in [2.05, 4.69) is 32.2 Å². The van der Waals surface area contributed by atoms with Crippen LogP contribution in [0.3, 0.4) is 0 Å². The first-order valence-corrected chi connectivity index (χ1v) is 5.99. The summed E-state index contributed by atoms with van der Waals surface area (Å²) in [7, 11) is 0. The lowest BCUT2D eigenvalue weighted by Gasteiger charge is -2.19. The van der Waals surface area contributed by atoms with Gasteiger partial charge in [-0.2, -0.15) is 0 Å². The number of rotatable bonds is 4. The van der Waals surface area contributed by atoms with E-state index in [9.17, 15) is 0 Å². The SMILES string of the molecule is Cc1cc(NC(C)C(C)C)ccc1C(N)=S. The molecule has 1 atom stereocenters. The maximum absolute atomic E-state index is 5.63. The molecule has 0 bridgehead atoms. The molecule has 0 aliphatic heterocycles. The number of benzene rings is 1. The second kappa shape index (κ2) is 5.30. The minimum atomic E-state index is 0.454. The van der Waals surface area contributed by atoms with E-state index >= 15 is 0 Å². The Kier molecular flexibility index (Phi) is 4.30. The molecule has 1 unspecified atom stereocenters. The van der Waals surface area contributed by atoms with Crippen LogP contribution in [-0.2, 0) is 0 Å². The number of hydrogen-bond donors (Lipinski definition) is 2. The number of anilines is 1. The predicted octanol–water partition coefficient (Wildman–Crippen LogP) is 3.09. The fourth-order valence-corrected chi connectivity index (χ4v) is 1.69. The quantitative estimate of drug-likeness (QED) is 0.789. The molecule has 1 rings (SSSR count). The molecular weight excluding hydrogens is 216 g/mol. The zero-order valence-corrected chi connectivity index (χ0v) is 11.2. The third kappa shape index (κ3) is 3.20. The molecule has 3 N–H and O–H groups in total. The standard InChI is InChI=1S/C13H20N2S/c1-8(2)10(4)15-11-5-6-12(13(14)16)9(3)7-11/h5-8,10,15H,1-4H3,(H2,14,16). The van der Waals surface area contributed by atoms with Crippen molar-refractivity contribution in [2.24, 2.45) is 11.7 Å². The number of nitrogens with two attached hydrogens (primary N) is 1. The van der Waals surface area contributed by atoms with Gasteiger partial charge in [-0.1, -0.05) is 26.1 Å². The Morgan fingerprint density at radius 3 is 2.38 bits per heavy atom. The highest BCUT2D eigenvalue weighted by Crippen LogP contribution is 2.17. The lowest BCUT2D eigenvalue weighted by Crippen LogP contribution is -2.21. The minimum Gasteiger partial charge on any atom is -0.389 e. The Morgan fingerprint density at radius 2 is 1.94 bits per heavy atom. The Morgan fingerprint density at radius 1 is 1.31 bits per heavy atom. The van der Waals surface area contributed by atoms with Crippen LogP contribution >= 0.6 is 12.2 Å². The molecular formula is C13H20N2S. The summed E-state index contributed by atoms with van der Waals surface area (Å²) in [6.07, 6.45) is 0. The molecule has 3 heteroatoms. The maximum atomic E-state index is 5.63. The van der Waals surface area contributed by atoms with Crippen molar-refractivity contribution in [2.45, 2.75) is 33.7 Å². The molecule has 1 aromatic carbocycles. The average Bonchev–Trinajstić information content (AvgIpc) is 2.16. The van der Waals surface area contributed by atoms with Gasteiger partial charge in [-0.25, -0.2) is 0 Å². The van der Waals surface area contributed by atoms with Crippen molar-refractivity contribution in [3.05, 3.63) is 29.3 Å². The molecule has 0 saturated heterocycles. The molecule has 0 heterocycles. The smallest absolute Gasteiger partial charge is 0.104 e. The van der Waals surface area contributed by atoms with Crippen molar-refractivity contribution in [2.75, 3.05) is 5.32 Å². The third-order valence-corrected chi connectivity index (χ3v) is 3.11. The van der Waals surface area contributed by atoms with Crippen LogP contribution in [0.4, 0.5) is 5.69 Å². The van der Waals surface area contributed by atoms with Crippen molar-refractivity contribution >= 4 is 22.9 Å². The molecule has 0 aliphatic carbocycles. The van der Waals surface area contributed by atoms with Gasteiger partial charge in [-0.3, -0.25) is 0 Å². The van der Waals surface area contributed by atoms with Gasteiger partial charge in [0.05, 0.1) is 0 Å². The molecule has 2 nitrogen and oxygen atoms in total. The first-order chi connectivity index (χ1) is 7.41. The first kappa shape index (κ1) is 13.0. The van der Waals surface area contributed by atoms with Crippen LogP contribution in [0.25, 0.3) is 0 Å².